The monoisotopic (exact) mass is 185 g/mol. The van der Waals surface area contributed by atoms with E-state index in [9.17, 15) is 0 Å². The molecule has 0 aromatic heterocycles. The van der Waals surface area contributed by atoms with E-state index in [1.807, 2.05) is 30.3 Å². The molecular formula is C9H12ClNO. The first-order chi connectivity index (χ1) is 5.84. The molecule has 0 spiro atoms. The van der Waals surface area contributed by atoms with Gasteiger partial charge in [-0.1, -0.05) is 18.2 Å². The molecule has 12 heavy (non-hydrogen) atoms. The summed E-state index contributed by atoms with van der Waals surface area (Å²) in [5, 5.41) is 0. The number of halogens is 1. The van der Waals surface area contributed by atoms with E-state index in [1.54, 1.807) is 11.5 Å². The number of hydrogen-bond donors (Lipinski definition) is 0. The molecule has 0 atom stereocenters. The molecular weight excluding hydrogens is 174 g/mol. The molecule has 0 radical (unpaired) electrons. The minimum Gasteiger partial charge on any atom is -0.383 e. The van der Waals surface area contributed by atoms with E-state index in [4.69, 9.17) is 16.5 Å². The molecule has 0 amide bonds. The van der Waals surface area contributed by atoms with Crippen molar-refractivity contribution in [2.45, 2.75) is 0 Å². The van der Waals surface area contributed by atoms with E-state index in [1.165, 1.54) is 0 Å². The van der Waals surface area contributed by atoms with Crippen molar-refractivity contribution in [3.63, 3.8) is 0 Å². The van der Waals surface area contributed by atoms with Gasteiger partial charge in [-0.25, -0.2) is 0 Å². The smallest absolute Gasteiger partial charge is 0.0652 e. The molecule has 0 unspecified atom stereocenters. The number of para-hydroxylation sites is 1. The normalized spacial score (nSPS) is 9.83. The Bertz CT molecular complexity index is 215. The molecule has 0 saturated heterocycles. The van der Waals surface area contributed by atoms with Gasteiger partial charge < -0.3 is 4.74 Å². The molecule has 0 aliphatic heterocycles. The third kappa shape index (κ3) is 2.72. The number of nitrogens with zero attached hydrogens (tertiary/aromatic N) is 1. The molecule has 2 nitrogen and oxygen atoms in total. The zero-order chi connectivity index (χ0) is 8.81. The van der Waals surface area contributed by atoms with Crippen LogP contribution >= 0.6 is 11.8 Å². The van der Waals surface area contributed by atoms with Crippen LogP contribution in [-0.2, 0) is 4.74 Å². The van der Waals surface area contributed by atoms with Crippen LogP contribution in [0, 0.1) is 0 Å². The molecule has 1 rings (SSSR count). The summed E-state index contributed by atoms with van der Waals surface area (Å²) in [5.74, 6) is 0. The Morgan fingerprint density at radius 3 is 2.58 bits per heavy atom. The van der Waals surface area contributed by atoms with Crippen molar-refractivity contribution in [2.24, 2.45) is 0 Å². The van der Waals surface area contributed by atoms with Gasteiger partial charge in [0, 0.05) is 18.9 Å². The molecule has 66 valence electrons. The largest absolute Gasteiger partial charge is 0.383 e. The average Bonchev–Trinajstić information content (AvgIpc) is 2.15. The van der Waals surface area contributed by atoms with Gasteiger partial charge in [-0.3, -0.25) is 4.42 Å². The van der Waals surface area contributed by atoms with Gasteiger partial charge in [0.1, 0.15) is 0 Å². The summed E-state index contributed by atoms with van der Waals surface area (Å²) >= 11 is 5.94. The molecule has 1 aromatic rings. The summed E-state index contributed by atoms with van der Waals surface area (Å²) in [5.41, 5.74) is 0.996. The molecule has 3 heteroatoms. The lowest BCUT2D eigenvalue weighted by Crippen LogP contribution is -2.15. The molecule has 0 aliphatic carbocycles. The van der Waals surface area contributed by atoms with Gasteiger partial charge >= 0.3 is 0 Å². The van der Waals surface area contributed by atoms with Gasteiger partial charge in [0.2, 0.25) is 0 Å². The Morgan fingerprint density at radius 1 is 1.33 bits per heavy atom. The second-order valence-electron chi connectivity index (χ2n) is 2.41. The quantitative estimate of drug-likeness (QED) is 0.668. The summed E-state index contributed by atoms with van der Waals surface area (Å²) in [6, 6.07) is 9.80. The van der Waals surface area contributed by atoms with Crippen LogP contribution in [0.15, 0.2) is 30.3 Å². The standard InChI is InChI=1S/C9H12ClNO/c1-12-8-7-11(10)9-5-3-2-4-6-9/h2-6H,7-8H2,1H3. The zero-order valence-electron chi connectivity index (χ0n) is 7.03. The fourth-order valence-electron chi connectivity index (χ4n) is 0.890. The molecule has 0 heterocycles. The number of rotatable bonds is 4. The van der Waals surface area contributed by atoms with Crippen molar-refractivity contribution in [2.75, 3.05) is 24.7 Å². The van der Waals surface area contributed by atoms with Crippen molar-refractivity contribution in [3.8, 4) is 0 Å². The van der Waals surface area contributed by atoms with Gasteiger partial charge in [0.25, 0.3) is 0 Å². The number of anilines is 1. The van der Waals surface area contributed by atoms with Crippen molar-refractivity contribution in [3.05, 3.63) is 30.3 Å². The molecule has 1 aromatic carbocycles. The Kier molecular flexibility index (Phi) is 3.91. The van der Waals surface area contributed by atoms with Crippen LogP contribution in [0.1, 0.15) is 0 Å². The van der Waals surface area contributed by atoms with Crippen molar-refractivity contribution >= 4 is 17.5 Å². The highest BCUT2D eigenvalue weighted by Gasteiger charge is 1.99. The second kappa shape index (κ2) is 5.01. The summed E-state index contributed by atoms with van der Waals surface area (Å²) in [6.45, 7) is 1.33. The van der Waals surface area contributed by atoms with Crippen molar-refractivity contribution < 1.29 is 4.74 Å². The lowest BCUT2D eigenvalue weighted by molar-refractivity contribution is 0.208. The Labute approximate surface area is 77.8 Å². The minimum atomic E-state index is 0.637. The van der Waals surface area contributed by atoms with Crippen LogP contribution in [0.3, 0.4) is 0 Å². The minimum absolute atomic E-state index is 0.637. The van der Waals surface area contributed by atoms with Crippen LogP contribution in [-0.4, -0.2) is 20.3 Å². The number of ether oxygens (including phenoxy) is 1. The predicted molar refractivity (Wildman–Crippen MR) is 51.5 cm³/mol. The average molecular weight is 186 g/mol. The Hall–Kier alpha value is -0.730. The lowest BCUT2D eigenvalue weighted by Gasteiger charge is -2.14. The number of hydrogen-bond acceptors (Lipinski definition) is 2. The summed E-state index contributed by atoms with van der Waals surface area (Å²) in [6.07, 6.45) is 0. The van der Waals surface area contributed by atoms with E-state index < -0.39 is 0 Å². The lowest BCUT2D eigenvalue weighted by atomic mass is 10.3. The molecule has 0 aliphatic rings. The first-order valence-corrected chi connectivity index (χ1v) is 4.15. The zero-order valence-corrected chi connectivity index (χ0v) is 7.79. The Morgan fingerprint density at radius 2 is 2.00 bits per heavy atom. The summed E-state index contributed by atoms with van der Waals surface area (Å²) in [7, 11) is 1.66. The van der Waals surface area contributed by atoms with Gasteiger partial charge in [-0.2, -0.15) is 0 Å². The van der Waals surface area contributed by atoms with E-state index in [0.29, 0.717) is 13.2 Å². The fraction of sp³-hybridized carbons (Fsp3) is 0.333. The van der Waals surface area contributed by atoms with Crippen LogP contribution in [0.25, 0.3) is 0 Å². The molecule has 0 saturated carbocycles. The Balaban J connectivity index is 2.48. The maximum absolute atomic E-state index is 5.94. The maximum Gasteiger partial charge on any atom is 0.0652 e. The topological polar surface area (TPSA) is 12.5 Å². The maximum atomic E-state index is 5.94. The highest BCUT2D eigenvalue weighted by Crippen LogP contribution is 2.14. The van der Waals surface area contributed by atoms with Crippen molar-refractivity contribution in [1.29, 1.82) is 0 Å². The third-order valence-corrected chi connectivity index (χ3v) is 1.89. The molecule has 0 bridgehead atoms. The van der Waals surface area contributed by atoms with Gasteiger partial charge in [0.05, 0.1) is 18.8 Å². The van der Waals surface area contributed by atoms with Crippen LogP contribution in [0.5, 0.6) is 0 Å². The number of benzene rings is 1. The second-order valence-corrected chi connectivity index (χ2v) is 2.82. The van der Waals surface area contributed by atoms with Crippen molar-refractivity contribution in [1.82, 2.24) is 0 Å². The van der Waals surface area contributed by atoms with E-state index in [0.717, 1.165) is 5.69 Å². The van der Waals surface area contributed by atoms with Gasteiger partial charge in [-0.05, 0) is 12.1 Å². The summed E-state index contributed by atoms with van der Waals surface area (Å²) < 4.78 is 6.55. The van der Waals surface area contributed by atoms with E-state index in [2.05, 4.69) is 0 Å². The fourth-order valence-corrected chi connectivity index (χ4v) is 1.07. The molecule has 0 fully saturated rings. The number of methoxy groups -OCH3 is 1. The SMILES string of the molecule is COCCN(Cl)c1ccccc1. The van der Waals surface area contributed by atoms with Gasteiger partial charge in [-0.15, -0.1) is 0 Å². The highest BCUT2D eigenvalue weighted by atomic mass is 35.5. The van der Waals surface area contributed by atoms with Crippen LogP contribution in [0.2, 0.25) is 0 Å². The first kappa shape index (κ1) is 9.36. The highest BCUT2D eigenvalue weighted by molar-refractivity contribution is 6.25. The van der Waals surface area contributed by atoms with Crippen LogP contribution < -0.4 is 4.42 Å². The molecule has 0 N–H and O–H groups in total. The first-order valence-electron chi connectivity index (χ1n) is 3.82. The van der Waals surface area contributed by atoms with E-state index >= 15 is 0 Å². The summed E-state index contributed by atoms with van der Waals surface area (Å²) in [4.78, 5) is 0. The van der Waals surface area contributed by atoms with E-state index in [-0.39, 0.29) is 0 Å². The van der Waals surface area contributed by atoms with Crippen LogP contribution in [0.4, 0.5) is 5.69 Å². The third-order valence-electron chi connectivity index (χ3n) is 1.53. The van der Waals surface area contributed by atoms with Gasteiger partial charge in [0.15, 0.2) is 0 Å². The predicted octanol–water partition coefficient (Wildman–Crippen LogP) is 2.29.